The van der Waals surface area contributed by atoms with Gasteiger partial charge < -0.3 is 9.64 Å². The number of piperazine rings is 1. The first-order chi connectivity index (χ1) is 12.6. The molecular weight excluding hydrogens is 324 g/mol. The lowest BCUT2D eigenvalue weighted by Crippen LogP contribution is -2.49. The van der Waals surface area contributed by atoms with Crippen molar-refractivity contribution < 1.29 is 9.53 Å². The predicted octanol–water partition coefficient (Wildman–Crippen LogP) is 2.93. The predicted molar refractivity (Wildman–Crippen MR) is 105 cm³/mol. The number of hydrogen-bond donors (Lipinski definition) is 0. The third-order valence-electron chi connectivity index (χ3n) is 5.05. The highest BCUT2D eigenvalue weighted by Gasteiger charge is 2.20. The first kappa shape index (κ1) is 18.5. The number of benzene rings is 2. The summed E-state index contributed by atoms with van der Waals surface area (Å²) in [5, 5.41) is 0. The van der Waals surface area contributed by atoms with Crippen LogP contribution in [0.1, 0.15) is 16.7 Å². The van der Waals surface area contributed by atoms with Crippen LogP contribution in [0.15, 0.2) is 48.5 Å². The minimum atomic E-state index is 0.237. The van der Waals surface area contributed by atoms with Crippen molar-refractivity contribution >= 4 is 5.91 Å². The lowest BCUT2D eigenvalue weighted by molar-refractivity contribution is -0.132. The largest absolute Gasteiger partial charge is 0.497 e. The fourth-order valence-corrected chi connectivity index (χ4v) is 3.33. The molecule has 0 atom stereocenters. The van der Waals surface area contributed by atoms with Crippen molar-refractivity contribution in [2.75, 3.05) is 39.8 Å². The van der Waals surface area contributed by atoms with Crippen LogP contribution in [0.3, 0.4) is 0 Å². The summed E-state index contributed by atoms with van der Waals surface area (Å²) in [6.45, 7) is 6.63. The second-order valence-corrected chi connectivity index (χ2v) is 6.99. The number of rotatable bonds is 6. The number of nitrogens with zero attached hydrogens (tertiary/aromatic N) is 2. The highest BCUT2D eigenvalue weighted by Crippen LogP contribution is 2.14. The zero-order valence-electron chi connectivity index (χ0n) is 15.8. The van der Waals surface area contributed by atoms with Gasteiger partial charge in [-0.3, -0.25) is 9.69 Å². The zero-order valence-corrected chi connectivity index (χ0v) is 15.8. The molecule has 1 heterocycles. The average molecular weight is 352 g/mol. The summed E-state index contributed by atoms with van der Waals surface area (Å²) in [4.78, 5) is 16.9. The van der Waals surface area contributed by atoms with Crippen molar-refractivity contribution in [2.24, 2.45) is 0 Å². The van der Waals surface area contributed by atoms with Crippen molar-refractivity contribution in [3.63, 3.8) is 0 Å². The van der Waals surface area contributed by atoms with E-state index in [0.717, 1.165) is 50.5 Å². The van der Waals surface area contributed by atoms with Crippen LogP contribution in [0.5, 0.6) is 5.75 Å². The van der Waals surface area contributed by atoms with E-state index in [1.54, 1.807) is 7.11 Å². The van der Waals surface area contributed by atoms with Crippen molar-refractivity contribution in [3.8, 4) is 5.75 Å². The molecule has 0 spiro atoms. The lowest BCUT2D eigenvalue weighted by atomic mass is 10.1. The maximum absolute atomic E-state index is 12.5. The zero-order chi connectivity index (χ0) is 18.4. The summed E-state index contributed by atoms with van der Waals surface area (Å²) >= 11 is 0. The Hall–Kier alpha value is -2.33. The van der Waals surface area contributed by atoms with Gasteiger partial charge in [-0.1, -0.05) is 42.0 Å². The topological polar surface area (TPSA) is 32.8 Å². The summed E-state index contributed by atoms with van der Waals surface area (Å²) in [6, 6.07) is 16.5. The van der Waals surface area contributed by atoms with Gasteiger partial charge in [-0.25, -0.2) is 0 Å². The second-order valence-electron chi connectivity index (χ2n) is 6.99. The summed E-state index contributed by atoms with van der Waals surface area (Å²) in [5.74, 6) is 1.15. The standard InChI is InChI=1S/C22H28N2O2/c1-18-6-8-20(9-7-18)17-22(25)24-14-12-23(13-15-24)11-10-19-4-3-5-21(16-19)26-2/h3-9,16H,10-15,17H2,1-2H3. The molecule has 0 bridgehead atoms. The fraction of sp³-hybridized carbons (Fsp3) is 0.409. The summed E-state index contributed by atoms with van der Waals surface area (Å²) in [6.07, 6.45) is 1.51. The number of hydrogen-bond acceptors (Lipinski definition) is 3. The van der Waals surface area contributed by atoms with E-state index in [2.05, 4.69) is 48.2 Å². The van der Waals surface area contributed by atoms with E-state index in [9.17, 15) is 4.79 Å². The summed E-state index contributed by atoms with van der Waals surface area (Å²) in [7, 11) is 1.70. The van der Waals surface area contributed by atoms with Crippen molar-refractivity contribution in [3.05, 3.63) is 65.2 Å². The number of amides is 1. The SMILES string of the molecule is COc1cccc(CCN2CCN(C(=O)Cc3ccc(C)cc3)CC2)c1. The molecule has 0 N–H and O–H groups in total. The lowest BCUT2D eigenvalue weighted by Gasteiger charge is -2.34. The molecule has 1 aliphatic heterocycles. The normalized spacial score (nSPS) is 15.1. The van der Waals surface area contributed by atoms with E-state index in [0.29, 0.717) is 6.42 Å². The first-order valence-electron chi connectivity index (χ1n) is 9.32. The molecule has 26 heavy (non-hydrogen) atoms. The van der Waals surface area contributed by atoms with Crippen LogP contribution < -0.4 is 4.74 Å². The van der Waals surface area contributed by atoms with Crippen LogP contribution in [0.2, 0.25) is 0 Å². The van der Waals surface area contributed by atoms with Crippen molar-refractivity contribution in [2.45, 2.75) is 19.8 Å². The van der Waals surface area contributed by atoms with E-state index in [1.165, 1.54) is 11.1 Å². The molecule has 0 aliphatic carbocycles. The molecule has 4 nitrogen and oxygen atoms in total. The van der Waals surface area contributed by atoms with Gasteiger partial charge >= 0.3 is 0 Å². The molecule has 3 rings (SSSR count). The van der Waals surface area contributed by atoms with Crippen LogP contribution in [0, 0.1) is 6.92 Å². The third kappa shape index (κ3) is 5.09. The number of aryl methyl sites for hydroxylation is 1. The minimum absolute atomic E-state index is 0.237. The molecule has 1 fully saturated rings. The maximum atomic E-state index is 12.5. The van der Waals surface area contributed by atoms with Gasteiger partial charge in [0, 0.05) is 32.7 Å². The van der Waals surface area contributed by atoms with Gasteiger partial charge in [0.2, 0.25) is 5.91 Å². The third-order valence-corrected chi connectivity index (χ3v) is 5.05. The van der Waals surface area contributed by atoms with Gasteiger partial charge in [0.1, 0.15) is 5.75 Å². The van der Waals surface area contributed by atoms with Crippen molar-refractivity contribution in [1.29, 1.82) is 0 Å². The average Bonchev–Trinajstić information content (AvgIpc) is 2.68. The molecule has 1 aliphatic rings. The van der Waals surface area contributed by atoms with Crippen LogP contribution >= 0.6 is 0 Å². The molecule has 0 unspecified atom stereocenters. The van der Waals surface area contributed by atoms with Crippen LogP contribution in [-0.4, -0.2) is 55.5 Å². The smallest absolute Gasteiger partial charge is 0.227 e. The van der Waals surface area contributed by atoms with Gasteiger partial charge in [0.25, 0.3) is 0 Å². The highest BCUT2D eigenvalue weighted by molar-refractivity contribution is 5.78. The van der Waals surface area contributed by atoms with Crippen LogP contribution in [-0.2, 0) is 17.6 Å². The maximum Gasteiger partial charge on any atom is 0.227 e. The number of carbonyl (C=O) groups is 1. The number of ether oxygens (including phenoxy) is 1. The van der Waals surface area contributed by atoms with Gasteiger partial charge in [0.15, 0.2) is 0 Å². The molecule has 0 saturated carbocycles. The van der Waals surface area contributed by atoms with E-state index < -0.39 is 0 Å². The molecule has 4 heteroatoms. The van der Waals surface area contributed by atoms with E-state index in [-0.39, 0.29) is 5.91 Å². The van der Waals surface area contributed by atoms with Gasteiger partial charge in [-0.05, 0) is 36.6 Å². The molecule has 1 saturated heterocycles. The van der Waals surface area contributed by atoms with Crippen LogP contribution in [0.25, 0.3) is 0 Å². The second kappa shape index (κ2) is 8.86. The molecule has 138 valence electrons. The van der Waals surface area contributed by atoms with Gasteiger partial charge in [-0.15, -0.1) is 0 Å². The number of carbonyl (C=O) groups excluding carboxylic acids is 1. The summed E-state index contributed by atoms with van der Waals surface area (Å²) < 4.78 is 5.28. The quantitative estimate of drug-likeness (QED) is 0.801. The highest BCUT2D eigenvalue weighted by atomic mass is 16.5. The Morgan fingerprint density at radius 1 is 1.00 bits per heavy atom. The van der Waals surface area contributed by atoms with Gasteiger partial charge in [0.05, 0.1) is 13.5 Å². The molecular formula is C22H28N2O2. The van der Waals surface area contributed by atoms with Gasteiger partial charge in [-0.2, -0.15) is 0 Å². The fourth-order valence-electron chi connectivity index (χ4n) is 3.33. The first-order valence-corrected chi connectivity index (χ1v) is 9.32. The monoisotopic (exact) mass is 352 g/mol. The molecule has 2 aromatic carbocycles. The Morgan fingerprint density at radius 2 is 1.73 bits per heavy atom. The molecule has 1 amide bonds. The van der Waals surface area contributed by atoms with Crippen molar-refractivity contribution in [1.82, 2.24) is 9.80 Å². The Labute approximate surface area is 156 Å². The number of methoxy groups -OCH3 is 1. The Morgan fingerprint density at radius 3 is 2.42 bits per heavy atom. The molecule has 0 aromatic heterocycles. The molecule has 2 aromatic rings. The molecule has 0 radical (unpaired) electrons. The van der Waals surface area contributed by atoms with E-state index >= 15 is 0 Å². The van der Waals surface area contributed by atoms with Crippen LogP contribution in [0.4, 0.5) is 0 Å². The Bertz CT molecular complexity index is 719. The minimum Gasteiger partial charge on any atom is -0.497 e. The Balaban J connectivity index is 1.43. The summed E-state index contributed by atoms with van der Waals surface area (Å²) in [5.41, 5.74) is 3.62. The Kier molecular flexibility index (Phi) is 6.29. The van der Waals surface area contributed by atoms with E-state index in [1.807, 2.05) is 17.0 Å². The van der Waals surface area contributed by atoms with E-state index in [4.69, 9.17) is 4.74 Å².